The summed E-state index contributed by atoms with van der Waals surface area (Å²) in [5.74, 6) is 10.8. The van der Waals surface area contributed by atoms with Gasteiger partial charge in [-0.05, 0) is 12.2 Å². The van der Waals surface area contributed by atoms with Gasteiger partial charge in [0.1, 0.15) is 0 Å². The maximum absolute atomic E-state index is 5.42. The number of nitrogens with one attached hydrogen (secondary N) is 1. The van der Waals surface area contributed by atoms with Gasteiger partial charge in [0.2, 0.25) is 0 Å². The minimum atomic E-state index is 0.314. The van der Waals surface area contributed by atoms with E-state index in [-0.39, 0.29) is 0 Å². The molecule has 6 heteroatoms. The van der Waals surface area contributed by atoms with Crippen molar-refractivity contribution in [3.8, 4) is 0 Å². The minimum absolute atomic E-state index is 0.314. The van der Waals surface area contributed by atoms with E-state index in [1.54, 1.807) is 7.41 Å². The molecule has 5 N–H and O–H groups in total. The molecule has 10 heavy (non-hydrogen) atoms. The molecule has 1 radical (unpaired) electrons. The van der Waals surface area contributed by atoms with Gasteiger partial charge in [-0.25, -0.2) is 5.84 Å². The highest BCUT2D eigenvalue weighted by molar-refractivity contribution is 7.80. The van der Waals surface area contributed by atoms with E-state index in [1.165, 1.54) is 4.92 Å². The number of nitrogens with zero attached hydrogens (tertiary/aromatic N) is 1. The van der Waals surface area contributed by atoms with Gasteiger partial charge in [-0.2, -0.15) is 0 Å². The lowest BCUT2D eigenvalue weighted by molar-refractivity contribution is 0.655. The highest BCUT2D eigenvalue weighted by Gasteiger charge is 2.07. The maximum Gasteiger partial charge on any atom is 0.275 e. The summed E-state index contributed by atoms with van der Waals surface area (Å²) in [4.78, 5) is 1.29. The van der Waals surface area contributed by atoms with Crippen molar-refractivity contribution in [1.29, 1.82) is 0 Å². The van der Waals surface area contributed by atoms with Gasteiger partial charge in [0.25, 0.3) is 7.41 Å². The molecular formula is C4H12BN4S. The molecule has 0 aliphatic carbocycles. The Morgan fingerprint density at radius 2 is 2.20 bits per heavy atom. The lowest BCUT2D eigenvalue weighted by Crippen LogP contribution is -2.49. The molecule has 0 aromatic carbocycles. The lowest BCUT2D eigenvalue weighted by atomic mass is 9.78. The second kappa shape index (κ2) is 4.48. The third-order valence-electron chi connectivity index (χ3n) is 0.817. The van der Waals surface area contributed by atoms with Crippen LogP contribution in [0.25, 0.3) is 0 Å². The lowest BCUT2D eigenvalue weighted by Gasteiger charge is -2.18. The van der Waals surface area contributed by atoms with Gasteiger partial charge in [-0.1, -0.05) is 19.7 Å². The van der Waals surface area contributed by atoms with E-state index in [1.807, 2.05) is 13.8 Å². The summed E-state index contributed by atoms with van der Waals surface area (Å²) >= 11 is 4.73. The Labute approximate surface area is 67.1 Å². The van der Waals surface area contributed by atoms with E-state index in [0.717, 1.165) is 0 Å². The summed E-state index contributed by atoms with van der Waals surface area (Å²) in [5, 5.41) is 0.314. The molecule has 0 rings (SSSR count). The van der Waals surface area contributed by atoms with Crippen molar-refractivity contribution >= 4 is 24.7 Å². The minimum Gasteiger partial charge on any atom is -0.338 e. The Morgan fingerprint density at radius 3 is 2.50 bits per heavy atom. The van der Waals surface area contributed by atoms with E-state index in [9.17, 15) is 0 Å². The van der Waals surface area contributed by atoms with Crippen LogP contribution in [0, 0.1) is 0 Å². The van der Waals surface area contributed by atoms with Gasteiger partial charge in [-0.3, -0.25) is 5.84 Å². The third kappa shape index (κ3) is 3.65. The molecule has 0 fully saturated rings. The maximum atomic E-state index is 5.42. The van der Waals surface area contributed by atoms with Crippen LogP contribution in [0.3, 0.4) is 0 Å². The molecule has 0 aliphatic heterocycles. The van der Waals surface area contributed by atoms with Gasteiger partial charge in [0.15, 0.2) is 5.11 Å². The number of rotatable bonds is 2. The van der Waals surface area contributed by atoms with Crippen LogP contribution in [-0.2, 0) is 0 Å². The van der Waals surface area contributed by atoms with Crippen LogP contribution in [0.4, 0.5) is 0 Å². The average Bonchev–Trinajstić information content (AvgIpc) is 1.85. The summed E-state index contributed by atoms with van der Waals surface area (Å²) in [6.45, 7) is 4.00. The zero-order valence-electron chi connectivity index (χ0n) is 6.16. The van der Waals surface area contributed by atoms with Crippen LogP contribution >= 0.6 is 12.2 Å². The predicted octanol–water partition coefficient (Wildman–Crippen LogP) is -0.642. The normalized spacial score (nSPS) is 9.30. The van der Waals surface area contributed by atoms with E-state index >= 15 is 0 Å². The first-order valence-corrected chi connectivity index (χ1v) is 3.38. The summed E-state index contributed by atoms with van der Waals surface area (Å²) in [6, 6.07) is 0. The first kappa shape index (κ1) is 9.67. The summed E-state index contributed by atoms with van der Waals surface area (Å²) < 4.78 is 0. The molecule has 4 nitrogen and oxygen atoms in total. The molecule has 0 bridgehead atoms. The van der Waals surface area contributed by atoms with Crippen molar-refractivity contribution in [2.24, 2.45) is 11.7 Å². The van der Waals surface area contributed by atoms with Gasteiger partial charge in [-0.15, -0.1) is 0 Å². The first-order chi connectivity index (χ1) is 4.57. The molecular weight excluding hydrogens is 147 g/mol. The molecule has 0 amide bonds. The molecule has 0 aromatic heterocycles. The zero-order valence-corrected chi connectivity index (χ0v) is 6.98. The van der Waals surface area contributed by atoms with Crippen LogP contribution in [0.5, 0.6) is 0 Å². The monoisotopic (exact) mass is 159 g/mol. The van der Waals surface area contributed by atoms with Crippen LogP contribution < -0.4 is 17.1 Å². The van der Waals surface area contributed by atoms with E-state index < -0.39 is 0 Å². The van der Waals surface area contributed by atoms with Crippen molar-refractivity contribution in [2.75, 3.05) is 0 Å². The molecule has 0 aromatic rings. The number of hydrazine groups is 2. The molecule has 0 spiro atoms. The van der Waals surface area contributed by atoms with Crippen molar-refractivity contribution in [1.82, 2.24) is 10.3 Å². The Morgan fingerprint density at radius 1 is 1.70 bits per heavy atom. The summed E-state index contributed by atoms with van der Waals surface area (Å²) in [6.07, 6.45) is 0. The molecule has 0 atom stereocenters. The van der Waals surface area contributed by atoms with Gasteiger partial charge < -0.3 is 10.3 Å². The topological polar surface area (TPSA) is 67.3 Å². The van der Waals surface area contributed by atoms with Crippen LogP contribution in [-0.4, -0.2) is 17.4 Å². The molecule has 0 heterocycles. The number of hydrogen-bond donors (Lipinski definition) is 3. The highest BCUT2D eigenvalue weighted by Crippen LogP contribution is 1.97. The van der Waals surface area contributed by atoms with Gasteiger partial charge in [0.05, 0.1) is 0 Å². The first-order valence-electron chi connectivity index (χ1n) is 2.97. The second-order valence-electron chi connectivity index (χ2n) is 2.25. The smallest absolute Gasteiger partial charge is 0.275 e. The fraction of sp³-hybridized carbons (Fsp3) is 0.750. The Bertz CT molecular complexity index is 118. The third-order valence-corrected chi connectivity index (χ3v) is 1.15. The number of thiocarbonyl (C=S) groups is 1. The van der Waals surface area contributed by atoms with Crippen molar-refractivity contribution in [3.63, 3.8) is 0 Å². The summed E-state index contributed by atoms with van der Waals surface area (Å²) in [5.41, 5.74) is 2.27. The van der Waals surface area contributed by atoms with Crippen molar-refractivity contribution in [2.45, 2.75) is 19.7 Å². The Balaban J connectivity index is 3.61. The quantitative estimate of drug-likeness (QED) is 0.216. The van der Waals surface area contributed by atoms with Gasteiger partial charge >= 0.3 is 0 Å². The van der Waals surface area contributed by atoms with E-state index in [4.69, 9.17) is 23.9 Å². The predicted molar refractivity (Wildman–Crippen MR) is 46.8 cm³/mol. The Kier molecular flexibility index (Phi) is 4.34. The standard InChI is InChI=1S/C4H12BN4S/c1-3(2)5-9(7)4(10)8-6/h3H,6-7H2,1-2H3,(H,8,10). The van der Waals surface area contributed by atoms with Gasteiger partial charge in [0, 0.05) is 0 Å². The highest BCUT2D eigenvalue weighted by atomic mass is 32.1. The zero-order chi connectivity index (χ0) is 8.15. The number of hydrogen-bond acceptors (Lipinski definition) is 3. The second-order valence-corrected chi connectivity index (χ2v) is 2.64. The van der Waals surface area contributed by atoms with Crippen molar-refractivity contribution < 1.29 is 0 Å². The van der Waals surface area contributed by atoms with Crippen LogP contribution in [0.2, 0.25) is 5.82 Å². The fourth-order valence-corrected chi connectivity index (χ4v) is 0.524. The van der Waals surface area contributed by atoms with Crippen LogP contribution in [0.1, 0.15) is 13.8 Å². The average molecular weight is 159 g/mol. The van der Waals surface area contributed by atoms with E-state index in [0.29, 0.717) is 10.9 Å². The van der Waals surface area contributed by atoms with Crippen LogP contribution in [0.15, 0.2) is 0 Å². The SMILES string of the molecule is CC(C)[B]N(N)C(=S)NN. The molecule has 57 valence electrons. The number of nitrogens with two attached hydrogens (primary N) is 2. The summed E-state index contributed by atoms with van der Waals surface area (Å²) in [7, 11) is 1.77. The molecule has 0 saturated carbocycles. The largest absolute Gasteiger partial charge is 0.338 e. The van der Waals surface area contributed by atoms with E-state index in [2.05, 4.69) is 5.43 Å². The molecule has 0 aliphatic rings. The molecule has 0 saturated heterocycles. The molecule has 0 unspecified atom stereocenters. The Hall–Kier alpha value is -0.325. The fourth-order valence-electron chi connectivity index (χ4n) is 0.463. The van der Waals surface area contributed by atoms with Crippen molar-refractivity contribution in [3.05, 3.63) is 0 Å².